The van der Waals surface area contributed by atoms with Gasteiger partial charge in [-0.3, -0.25) is 9.59 Å². The van der Waals surface area contributed by atoms with Crippen LogP contribution in [0.3, 0.4) is 0 Å². The van der Waals surface area contributed by atoms with E-state index in [1.807, 2.05) is 40.1 Å². The van der Waals surface area contributed by atoms with Crippen molar-refractivity contribution in [3.63, 3.8) is 0 Å². The maximum absolute atomic E-state index is 12.8. The van der Waals surface area contributed by atoms with Crippen LogP contribution in [0.5, 0.6) is 0 Å². The highest BCUT2D eigenvalue weighted by Crippen LogP contribution is 2.25. The Bertz CT molecular complexity index is 748. The average Bonchev–Trinajstić information content (AvgIpc) is 2.93. The fourth-order valence-corrected chi connectivity index (χ4v) is 4.12. The Hall–Kier alpha value is -2.30. The average molecular weight is 354 g/mol. The molecule has 26 heavy (non-hydrogen) atoms. The van der Waals surface area contributed by atoms with Gasteiger partial charge in [0.1, 0.15) is 5.58 Å². The third kappa shape index (κ3) is 3.48. The smallest absolute Gasteiger partial charge is 0.289 e. The lowest BCUT2D eigenvalue weighted by Gasteiger charge is -2.33. The minimum absolute atomic E-state index is 0.0628. The van der Waals surface area contributed by atoms with E-state index in [0.717, 1.165) is 49.7 Å². The van der Waals surface area contributed by atoms with E-state index in [-0.39, 0.29) is 11.8 Å². The van der Waals surface area contributed by atoms with Crippen LogP contribution in [-0.4, -0.2) is 47.8 Å². The van der Waals surface area contributed by atoms with Crippen molar-refractivity contribution in [2.24, 2.45) is 5.92 Å². The number of nitrogens with zero attached hydrogens (tertiary/aromatic N) is 2. The molecule has 0 spiro atoms. The molecule has 1 aromatic heterocycles. The molecular weight excluding hydrogens is 328 g/mol. The number of likely N-dealkylation sites (tertiary alicyclic amines) is 2. The summed E-state index contributed by atoms with van der Waals surface area (Å²) in [6, 6.07) is 9.47. The quantitative estimate of drug-likeness (QED) is 0.826. The molecule has 0 radical (unpaired) electrons. The maximum atomic E-state index is 12.8. The molecule has 0 atom stereocenters. The Labute approximate surface area is 153 Å². The normalized spacial score (nSPS) is 19.5. The van der Waals surface area contributed by atoms with E-state index < -0.39 is 0 Å². The number of piperidine rings is 1. The molecule has 0 N–H and O–H groups in total. The predicted molar refractivity (Wildman–Crippen MR) is 99.9 cm³/mol. The summed E-state index contributed by atoms with van der Waals surface area (Å²) < 4.78 is 5.70. The molecule has 0 saturated carbocycles. The second-order valence-corrected chi connectivity index (χ2v) is 7.45. The van der Waals surface area contributed by atoms with Crippen molar-refractivity contribution in [1.82, 2.24) is 9.80 Å². The van der Waals surface area contributed by atoms with E-state index in [9.17, 15) is 9.59 Å². The van der Waals surface area contributed by atoms with Crippen LogP contribution in [-0.2, 0) is 4.79 Å². The highest BCUT2D eigenvalue weighted by atomic mass is 16.3. The Balaban J connectivity index is 1.36. The molecule has 5 nitrogen and oxygen atoms in total. The SMILES string of the molecule is O=C(c1cc2ccccc2o1)N1CCC(C(=O)N2CCCCCC2)CC1. The second-order valence-electron chi connectivity index (χ2n) is 7.45. The number of fused-ring (bicyclic) bond motifs is 1. The van der Waals surface area contributed by atoms with Crippen molar-refractivity contribution in [1.29, 1.82) is 0 Å². The van der Waals surface area contributed by atoms with Gasteiger partial charge in [-0.15, -0.1) is 0 Å². The summed E-state index contributed by atoms with van der Waals surface area (Å²) in [5.41, 5.74) is 0.738. The Morgan fingerprint density at radius 1 is 0.885 bits per heavy atom. The number of furan rings is 1. The zero-order valence-corrected chi connectivity index (χ0v) is 15.2. The van der Waals surface area contributed by atoms with Crippen LogP contribution in [0.2, 0.25) is 0 Å². The van der Waals surface area contributed by atoms with Crippen molar-refractivity contribution >= 4 is 22.8 Å². The van der Waals surface area contributed by atoms with Crippen LogP contribution < -0.4 is 0 Å². The largest absolute Gasteiger partial charge is 0.451 e. The summed E-state index contributed by atoms with van der Waals surface area (Å²) >= 11 is 0. The summed E-state index contributed by atoms with van der Waals surface area (Å²) in [7, 11) is 0. The van der Waals surface area contributed by atoms with E-state index in [1.165, 1.54) is 12.8 Å². The zero-order chi connectivity index (χ0) is 17.9. The summed E-state index contributed by atoms with van der Waals surface area (Å²) in [4.78, 5) is 29.4. The van der Waals surface area contributed by atoms with Crippen LogP contribution in [0.4, 0.5) is 0 Å². The van der Waals surface area contributed by atoms with Crippen molar-refractivity contribution < 1.29 is 14.0 Å². The Morgan fingerprint density at radius 3 is 2.27 bits per heavy atom. The van der Waals surface area contributed by atoms with Gasteiger partial charge in [0, 0.05) is 37.5 Å². The lowest BCUT2D eigenvalue weighted by atomic mass is 9.95. The number of carbonyl (C=O) groups excluding carboxylic acids is 2. The van der Waals surface area contributed by atoms with Gasteiger partial charge >= 0.3 is 0 Å². The van der Waals surface area contributed by atoms with Gasteiger partial charge < -0.3 is 14.2 Å². The van der Waals surface area contributed by atoms with Crippen molar-refractivity contribution in [2.45, 2.75) is 38.5 Å². The number of hydrogen-bond donors (Lipinski definition) is 0. The number of amides is 2. The summed E-state index contributed by atoms with van der Waals surface area (Å²) in [6.45, 7) is 3.05. The van der Waals surface area contributed by atoms with E-state index in [0.29, 0.717) is 24.8 Å². The molecule has 0 bridgehead atoms. The third-order valence-electron chi connectivity index (χ3n) is 5.69. The number of para-hydroxylation sites is 1. The molecule has 4 rings (SSSR count). The molecule has 2 amide bonds. The van der Waals surface area contributed by atoms with Gasteiger partial charge in [-0.2, -0.15) is 0 Å². The molecular formula is C21H26N2O3. The van der Waals surface area contributed by atoms with Crippen molar-refractivity contribution in [3.05, 3.63) is 36.1 Å². The van der Waals surface area contributed by atoms with Gasteiger partial charge in [0.2, 0.25) is 5.91 Å². The molecule has 2 aliphatic heterocycles. The first-order chi connectivity index (χ1) is 12.7. The molecule has 2 aliphatic rings. The number of benzene rings is 1. The lowest BCUT2D eigenvalue weighted by Crippen LogP contribution is -2.44. The van der Waals surface area contributed by atoms with E-state index >= 15 is 0 Å². The minimum atomic E-state index is -0.0677. The standard InChI is InChI=1S/C21H26N2O3/c24-20(22-11-5-1-2-6-12-22)16-9-13-23(14-10-16)21(25)19-15-17-7-3-4-8-18(17)26-19/h3-4,7-8,15-16H,1-2,5-6,9-14H2. The first-order valence-electron chi connectivity index (χ1n) is 9.79. The van der Waals surface area contributed by atoms with Gasteiger partial charge in [-0.25, -0.2) is 0 Å². The third-order valence-corrected chi connectivity index (χ3v) is 5.69. The predicted octanol–water partition coefficient (Wildman–Crippen LogP) is 3.69. The summed E-state index contributed by atoms with van der Waals surface area (Å²) in [5, 5.41) is 0.946. The number of carbonyl (C=O) groups is 2. The van der Waals surface area contributed by atoms with E-state index in [2.05, 4.69) is 0 Å². The fraction of sp³-hybridized carbons (Fsp3) is 0.524. The topological polar surface area (TPSA) is 53.8 Å². The van der Waals surface area contributed by atoms with Crippen LogP contribution in [0.1, 0.15) is 49.1 Å². The second kappa shape index (κ2) is 7.52. The highest BCUT2D eigenvalue weighted by Gasteiger charge is 2.31. The zero-order valence-electron chi connectivity index (χ0n) is 15.2. The maximum Gasteiger partial charge on any atom is 0.289 e. The van der Waals surface area contributed by atoms with E-state index in [1.54, 1.807) is 0 Å². The molecule has 5 heteroatoms. The molecule has 3 heterocycles. The highest BCUT2D eigenvalue weighted by molar-refractivity contribution is 5.96. The van der Waals surface area contributed by atoms with Gasteiger partial charge in [0.05, 0.1) is 0 Å². The van der Waals surface area contributed by atoms with Gasteiger partial charge in [-0.1, -0.05) is 31.0 Å². The lowest BCUT2D eigenvalue weighted by molar-refractivity contribution is -0.136. The fourth-order valence-electron chi connectivity index (χ4n) is 4.12. The molecule has 2 fully saturated rings. The molecule has 0 aliphatic carbocycles. The van der Waals surface area contributed by atoms with Gasteiger partial charge in [0.25, 0.3) is 5.91 Å². The Morgan fingerprint density at radius 2 is 1.58 bits per heavy atom. The molecule has 1 aromatic carbocycles. The van der Waals surface area contributed by atoms with Gasteiger partial charge in [-0.05, 0) is 37.8 Å². The first-order valence-corrected chi connectivity index (χ1v) is 9.79. The van der Waals surface area contributed by atoms with Crippen LogP contribution in [0, 0.1) is 5.92 Å². The molecule has 138 valence electrons. The van der Waals surface area contributed by atoms with Crippen LogP contribution in [0.15, 0.2) is 34.7 Å². The first kappa shape index (κ1) is 17.1. The van der Waals surface area contributed by atoms with Gasteiger partial charge in [0.15, 0.2) is 5.76 Å². The van der Waals surface area contributed by atoms with Crippen molar-refractivity contribution in [3.8, 4) is 0 Å². The van der Waals surface area contributed by atoms with Crippen molar-refractivity contribution in [2.75, 3.05) is 26.2 Å². The molecule has 0 unspecified atom stereocenters. The van der Waals surface area contributed by atoms with E-state index in [4.69, 9.17) is 4.42 Å². The monoisotopic (exact) mass is 354 g/mol. The minimum Gasteiger partial charge on any atom is -0.451 e. The number of hydrogen-bond acceptors (Lipinski definition) is 3. The summed E-state index contributed by atoms with van der Waals surface area (Å²) in [6.07, 6.45) is 6.20. The summed E-state index contributed by atoms with van der Waals surface area (Å²) in [5.74, 6) is 0.681. The molecule has 2 saturated heterocycles. The number of rotatable bonds is 2. The van der Waals surface area contributed by atoms with Crippen LogP contribution >= 0.6 is 0 Å². The van der Waals surface area contributed by atoms with Crippen LogP contribution in [0.25, 0.3) is 11.0 Å². The Kier molecular flexibility index (Phi) is 4.96. The molecule has 2 aromatic rings.